The summed E-state index contributed by atoms with van der Waals surface area (Å²) in [4.78, 5) is 39.5. The molecule has 0 saturated carbocycles. The highest BCUT2D eigenvalue weighted by molar-refractivity contribution is 5.96. The van der Waals surface area contributed by atoms with E-state index in [4.69, 9.17) is 0 Å². The van der Waals surface area contributed by atoms with Gasteiger partial charge in [-0.25, -0.2) is 0 Å². The Kier molecular flexibility index (Phi) is 15.9. The van der Waals surface area contributed by atoms with Gasteiger partial charge in [-0.15, -0.1) is 13.2 Å². The molecular weight excluding hydrogens is 212 g/mol. The molecule has 92 valence electrons. The van der Waals surface area contributed by atoms with E-state index in [-0.39, 0.29) is 24.4 Å². The van der Waals surface area contributed by atoms with E-state index in [0.717, 1.165) is 0 Å². The second kappa shape index (κ2) is 13.0. The predicted octanol–water partition coefficient (Wildman–Crippen LogP) is -0.296. The van der Waals surface area contributed by atoms with Crippen molar-refractivity contribution in [3.8, 4) is 0 Å². The maximum absolute atomic E-state index is 9.95. The van der Waals surface area contributed by atoms with Gasteiger partial charge >= 0.3 is 0 Å². The number of hydrogen-bond donors (Lipinski definition) is 2. The summed E-state index contributed by atoms with van der Waals surface area (Å²) in [7, 11) is 0. The van der Waals surface area contributed by atoms with Crippen LogP contribution in [0.25, 0.3) is 0 Å². The van der Waals surface area contributed by atoms with E-state index in [1.165, 1.54) is 13.8 Å². The van der Waals surface area contributed by atoms with E-state index >= 15 is 0 Å². The Balaban J connectivity index is -0.000000183. The molecule has 0 radical (unpaired) electrons. The van der Waals surface area contributed by atoms with Crippen molar-refractivity contribution in [3.05, 3.63) is 13.2 Å². The van der Waals surface area contributed by atoms with Crippen LogP contribution in [0, 0.1) is 0 Å². The molecule has 6 heteroatoms. The lowest BCUT2D eigenvalue weighted by Crippen LogP contribution is -2.13. The van der Waals surface area contributed by atoms with Crippen molar-refractivity contribution in [2.75, 3.05) is 0 Å². The number of primary amides is 2. The van der Waals surface area contributed by atoms with Crippen molar-refractivity contribution >= 4 is 23.4 Å². The minimum atomic E-state index is -0.562. The van der Waals surface area contributed by atoms with E-state index < -0.39 is 11.8 Å². The second-order valence-electron chi connectivity index (χ2n) is 2.69. The molecule has 0 aliphatic heterocycles. The number of amides is 2. The van der Waals surface area contributed by atoms with Gasteiger partial charge in [0.05, 0.1) is 12.8 Å². The second-order valence-corrected chi connectivity index (χ2v) is 2.69. The molecule has 16 heavy (non-hydrogen) atoms. The topological polar surface area (TPSA) is 120 Å². The van der Waals surface area contributed by atoms with Gasteiger partial charge in [-0.05, 0) is 13.8 Å². The Hall–Kier alpha value is -1.98. The molecule has 0 aromatic carbocycles. The number of nitrogens with two attached hydrogens (primary N) is 2. The van der Waals surface area contributed by atoms with E-state index in [0.29, 0.717) is 0 Å². The normalized spacial score (nSPS) is 7.38. The Labute approximate surface area is 94.7 Å². The molecule has 0 aromatic rings. The van der Waals surface area contributed by atoms with Crippen LogP contribution in [0.3, 0.4) is 0 Å². The SMILES string of the molecule is C=C.CC(=O)CC(N)=O.CC(=O)CC(N)=O. The molecular formula is C10H18N2O4. The minimum absolute atomic E-state index is 0.139. The largest absolute Gasteiger partial charge is 0.369 e. The Bertz CT molecular complexity index is 212. The fourth-order valence-corrected chi connectivity index (χ4v) is 0.491. The molecule has 0 rings (SSSR count). The minimum Gasteiger partial charge on any atom is -0.369 e. The highest BCUT2D eigenvalue weighted by Crippen LogP contribution is 1.75. The first-order valence-electron chi connectivity index (χ1n) is 4.31. The quantitative estimate of drug-likeness (QED) is 0.509. The van der Waals surface area contributed by atoms with Crippen molar-refractivity contribution in [1.29, 1.82) is 0 Å². The Morgan fingerprint density at radius 3 is 1.00 bits per heavy atom. The summed E-state index contributed by atoms with van der Waals surface area (Å²) in [6.45, 7) is 8.65. The lowest BCUT2D eigenvalue weighted by molar-refractivity contribution is -0.126. The molecule has 4 N–H and O–H groups in total. The number of carbonyl (C=O) groups is 4. The molecule has 0 unspecified atom stereocenters. The van der Waals surface area contributed by atoms with Crippen LogP contribution >= 0.6 is 0 Å². The number of carbonyl (C=O) groups excluding carboxylic acids is 4. The fraction of sp³-hybridized carbons (Fsp3) is 0.400. The maximum Gasteiger partial charge on any atom is 0.224 e. The molecule has 0 fully saturated rings. The lowest BCUT2D eigenvalue weighted by atomic mass is 10.3. The molecule has 2 amide bonds. The van der Waals surface area contributed by atoms with Gasteiger partial charge in [0.2, 0.25) is 11.8 Å². The molecule has 0 atom stereocenters. The van der Waals surface area contributed by atoms with E-state index in [9.17, 15) is 19.2 Å². The third-order valence-electron chi connectivity index (χ3n) is 0.846. The van der Waals surface area contributed by atoms with Crippen LogP contribution in [0.5, 0.6) is 0 Å². The highest BCUT2D eigenvalue weighted by atomic mass is 16.2. The van der Waals surface area contributed by atoms with Crippen LogP contribution in [0.4, 0.5) is 0 Å². The molecule has 0 spiro atoms. The van der Waals surface area contributed by atoms with Gasteiger partial charge in [-0.1, -0.05) is 0 Å². The van der Waals surface area contributed by atoms with Crippen LogP contribution in [0.2, 0.25) is 0 Å². The molecule has 6 nitrogen and oxygen atoms in total. The van der Waals surface area contributed by atoms with Crippen LogP contribution in [0.15, 0.2) is 13.2 Å². The monoisotopic (exact) mass is 230 g/mol. The smallest absolute Gasteiger partial charge is 0.224 e. The first-order chi connectivity index (χ1) is 7.25. The van der Waals surface area contributed by atoms with Gasteiger partial charge in [-0.2, -0.15) is 0 Å². The molecule has 0 aliphatic carbocycles. The first-order valence-corrected chi connectivity index (χ1v) is 4.31. The third kappa shape index (κ3) is 40.3. The van der Waals surface area contributed by atoms with Gasteiger partial charge < -0.3 is 11.5 Å². The summed E-state index contributed by atoms with van der Waals surface area (Å²) in [6, 6.07) is 0. The van der Waals surface area contributed by atoms with Gasteiger partial charge in [0.1, 0.15) is 11.6 Å². The van der Waals surface area contributed by atoms with E-state index in [1.807, 2.05) is 0 Å². The van der Waals surface area contributed by atoms with Crippen molar-refractivity contribution in [3.63, 3.8) is 0 Å². The lowest BCUT2D eigenvalue weighted by Gasteiger charge is -1.82. The van der Waals surface area contributed by atoms with E-state index in [1.54, 1.807) is 0 Å². The summed E-state index contributed by atoms with van der Waals surface area (Å²) in [6.07, 6.45) is -0.278. The molecule has 0 saturated heterocycles. The van der Waals surface area contributed by atoms with Crippen LogP contribution in [-0.4, -0.2) is 23.4 Å². The summed E-state index contributed by atoms with van der Waals surface area (Å²) < 4.78 is 0. The molecule has 0 aromatic heterocycles. The van der Waals surface area contributed by atoms with E-state index in [2.05, 4.69) is 24.6 Å². The Morgan fingerprint density at radius 2 is 1.00 bits per heavy atom. The zero-order valence-electron chi connectivity index (χ0n) is 9.62. The predicted molar refractivity (Wildman–Crippen MR) is 60.2 cm³/mol. The van der Waals surface area contributed by atoms with Gasteiger partial charge in [0, 0.05) is 0 Å². The van der Waals surface area contributed by atoms with Gasteiger partial charge in [0.15, 0.2) is 0 Å². The third-order valence-corrected chi connectivity index (χ3v) is 0.846. The standard InChI is InChI=1S/2C4H7NO2.C2H4/c2*1-3(6)2-4(5)7;1-2/h2*2H2,1H3,(H2,5,7);1-2H2. The van der Waals surface area contributed by atoms with Crippen molar-refractivity contribution in [2.45, 2.75) is 26.7 Å². The number of rotatable bonds is 4. The summed E-state index contributed by atoms with van der Waals surface area (Å²) in [5.74, 6) is -1.50. The number of ketones is 2. The zero-order chi connectivity index (χ0) is 13.7. The van der Waals surface area contributed by atoms with Gasteiger partial charge in [-0.3, -0.25) is 19.2 Å². The van der Waals surface area contributed by atoms with Crippen molar-refractivity contribution < 1.29 is 19.2 Å². The summed E-state index contributed by atoms with van der Waals surface area (Å²) in [5.41, 5.74) is 9.27. The summed E-state index contributed by atoms with van der Waals surface area (Å²) >= 11 is 0. The maximum atomic E-state index is 9.95. The van der Waals surface area contributed by atoms with Gasteiger partial charge in [0.25, 0.3) is 0 Å². The van der Waals surface area contributed by atoms with Crippen LogP contribution in [0.1, 0.15) is 26.7 Å². The molecule has 0 bridgehead atoms. The zero-order valence-corrected chi connectivity index (χ0v) is 9.62. The van der Waals surface area contributed by atoms with Crippen LogP contribution in [-0.2, 0) is 19.2 Å². The van der Waals surface area contributed by atoms with Crippen LogP contribution < -0.4 is 11.5 Å². The highest BCUT2D eigenvalue weighted by Gasteiger charge is 1.96. The summed E-state index contributed by atoms with van der Waals surface area (Å²) in [5, 5.41) is 0. The number of Topliss-reactive ketones (excluding diaryl/α,β-unsaturated/α-hetero) is 2. The average molecular weight is 230 g/mol. The molecule has 0 heterocycles. The fourth-order valence-electron chi connectivity index (χ4n) is 0.491. The van der Waals surface area contributed by atoms with Crippen molar-refractivity contribution in [2.24, 2.45) is 11.5 Å². The Morgan fingerprint density at radius 1 is 0.812 bits per heavy atom. The number of hydrogen-bond acceptors (Lipinski definition) is 4. The molecule has 0 aliphatic rings. The average Bonchev–Trinajstić information content (AvgIpc) is 2.03. The first kappa shape index (κ1) is 19.6. The van der Waals surface area contributed by atoms with Crippen molar-refractivity contribution in [1.82, 2.24) is 0 Å².